The van der Waals surface area contributed by atoms with E-state index in [1.54, 1.807) is 0 Å². The number of allylic oxidation sites excluding steroid dienone is 1. The van der Waals surface area contributed by atoms with E-state index in [0.717, 1.165) is 13.2 Å². The average Bonchev–Trinajstić information content (AvgIpc) is 2.05. The fourth-order valence-corrected chi connectivity index (χ4v) is 1.11. The summed E-state index contributed by atoms with van der Waals surface area (Å²) in [6, 6.07) is 0. The highest BCUT2D eigenvalue weighted by Gasteiger charge is 2.16. The molecule has 0 spiro atoms. The third-order valence-electron chi connectivity index (χ3n) is 1.66. The highest BCUT2D eigenvalue weighted by Crippen LogP contribution is 2.15. The Morgan fingerprint density at radius 1 is 1.70 bits per heavy atom. The van der Waals surface area contributed by atoms with E-state index in [2.05, 4.69) is 17.3 Å². The minimum Gasteiger partial charge on any atom is -0.368 e. The van der Waals surface area contributed by atoms with Crippen LogP contribution in [0, 0.1) is 0 Å². The Hall–Kier alpha value is -0.890. The van der Waals surface area contributed by atoms with Crippen LogP contribution in [0.1, 0.15) is 0 Å². The molecule has 0 amide bonds. The molecule has 0 aromatic heterocycles. The Balaban J connectivity index is 2.27. The smallest absolute Gasteiger partial charge is 0.102 e. The highest BCUT2D eigenvalue weighted by molar-refractivity contribution is 5.74. The van der Waals surface area contributed by atoms with E-state index in [4.69, 9.17) is 4.74 Å². The Labute approximate surface area is 59.9 Å². The molecule has 0 aromatic rings. The van der Waals surface area contributed by atoms with Crippen LogP contribution < -0.4 is 0 Å². The zero-order valence-corrected chi connectivity index (χ0v) is 5.58. The van der Waals surface area contributed by atoms with Crippen LogP contribution in [-0.4, -0.2) is 25.5 Å². The van der Waals surface area contributed by atoms with Crippen molar-refractivity contribution in [2.45, 2.75) is 6.10 Å². The van der Waals surface area contributed by atoms with Crippen molar-refractivity contribution in [1.82, 2.24) is 0 Å². The van der Waals surface area contributed by atoms with Gasteiger partial charge in [0.2, 0.25) is 0 Å². The second-order valence-electron chi connectivity index (χ2n) is 2.34. The zero-order valence-electron chi connectivity index (χ0n) is 5.58. The highest BCUT2D eigenvalue weighted by atomic mass is 16.5. The van der Waals surface area contributed by atoms with Crippen molar-refractivity contribution in [3.8, 4) is 0 Å². The van der Waals surface area contributed by atoms with Crippen molar-refractivity contribution in [2.75, 3.05) is 13.2 Å². The van der Waals surface area contributed by atoms with Gasteiger partial charge < -0.3 is 4.74 Å². The summed E-state index contributed by atoms with van der Waals surface area (Å²) < 4.78 is 5.39. The van der Waals surface area contributed by atoms with Gasteiger partial charge in [-0.2, -0.15) is 0 Å². The van der Waals surface area contributed by atoms with Crippen LogP contribution in [0.3, 0.4) is 0 Å². The molecule has 2 nitrogen and oxygen atoms in total. The monoisotopic (exact) mass is 134 g/mol. The minimum atomic E-state index is 0.200. The maximum absolute atomic E-state index is 5.39. The van der Waals surface area contributed by atoms with Crippen molar-refractivity contribution < 1.29 is 4.74 Å². The van der Waals surface area contributed by atoms with Gasteiger partial charge in [-0.05, 0) is 11.6 Å². The number of dihydropyridines is 1. The fraction of sp³-hybridized carbons (Fsp3) is 0.375. The molecule has 51 valence electrons. The molecule has 1 unspecified atom stereocenters. The van der Waals surface area contributed by atoms with Crippen LogP contribution in [-0.2, 0) is 4.74 Å². The maximum atomic E-state index is 5.39. The molecule has 10 heavy (non-hydrogen) atoms. The van der Waals surface area contributed by atoms with Gasteiger partial charge >= 0.3 is 0 Å². The van der Waals surface area contributed by atoms with E-state index in [0.29, 0.717) is 0 Å². The van der Waals surface area contributed by atoms with E-state index in [9.17, 15) is 0 Å². The predicted octanol–water partition coefficient (Wildman–Crippen LogP) is 0.829. The van der Waals surface area contributed by atoms with Gasteiger partial charge in [-0.1, -0.05) is 12.2 Å². The lowest BCUT2D eigenvalue weighted by atomic mass is 10.1. The molecule has 0 aliphatic carbocycles. The molecule has 0 N–H and O–H groups in total. The third-order valence-corrected chi connectivity index (χ3v) is 1.66. The molecule has 2 rings (SSSR count). The lowest BCUT2D eigenvalue weighted by Crippen LogP contribution is -2.23. The maximum Gasteiger partial charge on any atom is 0.102 e. The van der Waals surface area contributed by atoms with Crippen LogP contribution >= 0.6 is 0 Å². The summed E-state index contributed by atoms with van der Waals surface area (Å²) in [5.74, 6) is 0. The number of nitrogens with zero attached hydrogens (tertiary/aromatic N) is 1. The largest absolute Gasteiger partial charge is 0.368 e. The van der Waals surface area contributed by atoms with Gasteiger partial charge in [-0.15, -0.1) is 0 Å². The summed E-state index contributed by atoms with van der Waals surface area (Å²) in [6.45, 7) is 1.45. The lowest BCUT2D eigenvalue weighted by Gasteiger charge is -2.21. The van der Waals surface area contributed by atoms with Gasteiger partial charge in [-0.3, -0.25) is 4.99 Å². The van der Waals surface area contributed by atoms with Crippen LogP contribution in [0.15, 0.2) is 28.8 Å². The van der Waals surface area contributed by atoms with E-state index < -0.39 is 0 Å². The molecule has 0 saturated carbocycles. The summed E-state index contributed by atoms with van der Waals surface area (Å²) in [5.41, 5.74) is 1.20. The van der Waals surface area contributed by atoms with Gasteiger partial charge in [0.25, 0.3) is 0 Å². The molecule has 0 saturated heterocycles. The standard InChI is InChI=1S/C8H8NO/c1-2-7-3-4-9-6-8(7)10-5-1/h1-3,8H,5-6H2. The second-order valence-corrected chi connectivity index (χ2v) is 2.34. The molecule has 0 bridgehead atoms. The normalized spacial score (nSPS) is 29.6. The first-order chi connectivity index (χ1) is 4.97. The van der Waals surface area contributed by atoms with Gasteiger partial charge in [-0.25, -0.2) is 0 Å². The molecule has 0 aromatic carbocycles. The quantitative estimate of drug-likeness (QED) is 0.481. The average molecular weight is 134 g/mol. The number of fused-ring (bicyclic) bond motifs is 1. The Morgan fingerprint density at radius 3 is 3.60 bits per heavy atom. The van der Waals surface area contributed by atoms with Crippen molar-refractivity contribution in [3.63, 3.8) is 0 Å². The number of aliphatic imine (C=N–C) groups is 1. The van der Waals surface area contributed by atoms with Crippen LogP contribution in [0.2, 0.25) is 0 Å². The fourth-order valence-electron chi connectivity index (χ4n) is 1.11. The van der Waals surface area contributed by atoms with E-state index in [-0.39, 0.29) is 6.10 Å². The SMILES string of the molecule is [C]1=NCC2OCC=CC2=C1. The van der Waals surface area contributed by atoms with Crippen LogP contribution in [0.4, 0.5) is 0 Å². The third kappa shape index (κ3) is 0.907. The number of ether oxygens (including phenoxy) is 1. The van der Waals surface area contributed by atoms with Crippen LogP contribution in [0.5, 0.6) is 0 Å². The predicted molar refractivity (Wildman–Crippen MR) is 39.3 cm³/mol. The molecule has 2 aliphatic rings. The van der Waals surface area contributed by atoms with Crippen molar-refractivity contribution in [3.05, 3.63) is 23.8 Å². The number of rotatable bonds is 0. The molecule has 2 aliphatic heterocycles. The summed E-state index contributed by atoms with van der Waals surface area (Å²) in [5, 5.41) is 0. The lowest BCUT2D eigenvalue weighted by molar-refractivity contribution is 0.103. The summed E-state index contributed by atoms with van der Waals surface area (Å²) >= 11 is 0. The van der Waals surface area contributed by atoms with Crippen molar-refractivity contribution in [1.29, 1.82) is 0 Å². The molecular formula is C8H8NO. The molecule has 1 radical (unpaired) electrons. The number of hydrogen-bond donors (Lipinski definition) is 0. The van der Waals surface area contributed by atoms with E-state index in [1.165, 1.54) is 5.57 Å². The summed E-state index contributed by atoms with van der Waals surface area (Å²) in [6.07, 6.45) is 8.98. The van der Waals surface area contributed by atoms with Crippen molar-refractivity contribution in [2.24, 2.45) is 4.99 Å². The Morgan fingerprint density at radius 2 is 2.70 bits per heavy atom. The molecular weight excluding hydrogens is 126 g/mol. The Bertz CT molecular complexity index is 215. The molecule has 0 fully saturated rings. The molecule has 2 heteroatoms. The Kier molecular flexibility index (Phi) is 1.40. The van der Waals surface area contributed by atoms with Gasteiger partial charge in [0.15, 0.2) is 0 Å². The molecule has 2 heterocycles. The number of hydrogen-bond acceptors (Lipinski definition) is 2. The van der Waals surface area contributed by atoms with Gasteiger partial charge in [0.1, 0.15) is 6.10 Å². The first-order valence-electron chi connectivity index (χ1n) is 3.37. The summed E-state index contributed by atoms with van der Waals surface area (Å²) in [4.78, 5) is 3.98. The van der Waals surface area contributed by atoms with Crippen LogP contribution in [0.25, 0.3) is 0 Å². The van der Waals surface area contributed by atoms with Gasteiger partial charge in [0.05, 0.1) is 19.4 Å². The second kappa shape index (κ2) is 2.39. The van der Waals surface area contributed by atoms with Crippen molar-refractivity contribution >= 4 is 6.21 Å². The summed E-state index contributed by atoms with van der Waals surface area (Å²) in [7, 11) is 0. The molecule has 1 atom stereocenters. The van der Waals surface area contributed by atoms with Gasteiger partial charge in [0, 0.05) is 0 Å². The first-order valence-corrected chi connectivity index (χ1v) is 3.37. The van der Waals surface area contributed by atoms with E-state index in [1.807, 2.05) is 12.2 Å². The first kappa shape index (κ1) is 5.86. The zero-order chi connectivity index (χ0) is 6.81. The minimum absolute atomic E-state index is 0.200. The van der Waals surface area contributed by atoms with E-state index >= 15 is 0 Å². The topological polar surface area (TPSA) is 21.6 Å².